The molecule has 16 nitrogen and oxygen atoms in total. The summed E-state index contributed by atoms with van der Waals surface area (Å²) in [5.41, 5.74) is -0.475. The molecule has 4 aliphatic rings. The minimum atomic E-state index is -4.16. The molecule has 0 bridgehead atoms. The fourth-order valence-corrected chi connectivity index (χ4v) is 10.7. The summed E-state index contributed by atoms with van der Waals surface area (Å²) in [5.74, 6) is -4.03. The minimum absolute atomic E-state index is 0.0759. The summed E-state index contributed by atoms with van der Waals surface area (Å²) in [7, 11) is -1.13. The number of fused-ring (bicyclic) bond motifs is 2. The summed E-state index contributed by atoms with van der Waals surface area (Å²) in [6, 6.07) is 8.67. The number of likely N-dealkylation sites (tertiary alicyclic amines) is 1. The molecule has 1 spiro atoms. The topological polar surface area (TPSA) is 175 Å². The number of carbonyl (C=O) groups is 3. The number of urea groups is 1. The van der Waals surface area contributed by atoms with Crippen LogP contribution < -0.4 is 25.4 Å². The van der Waals surface area contributed by atoms with Crippen LogP contribution in [0.25, 0.3) is 21.8 Å². The summed E-state index contributed by atoms with van der Waals surface area (Å²) in [6.45, 7) is 5.02. The number of amides is 3. The van der Waals surface area contributed by atoms with Crippen molar-refractivity contribution in [3.05, 3.63) is 87.7 Å². The molecule has 3 aliphatic heterocycles. The van der Waals surface area contributed by atoms with Gasteiger partial charge in [-0.1, -0.05) is 6.92 Å². The number of ketones is 1. The van der Waals surface area contributed by atoms with Crippen molar-refractivity contribution < 1.29 is 36.0 Å². The van der Waals surface area contributed by atoms with Gasteiger partial charge in [0.15, 0.2) is 17.4 Å². The molecular formula is C43H47F3N10O6S. The maximum Gasteiger partial charge on any atom is 0.329 e. The summed E-state index contributed by atoms with van der Waals surface area (Å²) < 4.78 is 77.6. The maximum absolute atomic E-state index is 15.7. The standard InChI is InChI=1S/C43H47F3N10O6S/c1-4-51(2)63(61,62)50-33-8-6-30(44)37(38(33)46)39(58)25-5-7-32-28(19-25)41(59)56(24-47-32)27-22-43(23-27)12-17-53(18-13-43)26-9-14-54(15-10-26)35-21-34-29(20-31(35)45)40(49-52(34)3)55-16-11-36(57)48-42(55)60/h5-8,19-21,24,26-27,50H,4,9-18,22-23H2,1-3H3,(H,48,57,60). The zero-order valence-corrected chi connectivity index (χ0v) is 35.9. The lowest BCUT2D eigenvalue weighted by Crippen LogP contribution is -2.53. The molecule has 5 heterocycles. The van der Waals surface area contributed by atoms with Crippen LogP contribution in [-0.4, -0.2) is 107 Å². The third-order valence-electron chi connectivity index (χ3n) is 13.6. The van der Waals surface area contributed by atoms with Gasteiger partial charge in [0.25, 0.3) is 5.56 Å². The van der Waals surface area contributed by atoms with Gasteiger partial charge in [-0.05, 0) is 99.5 Å². The number of nitrogens with zero attached hydrogens (tertiary/aromatic N) is 8. The van der Waals surface area contributed by atoms with Gasteiger partial charge < -0.3 is 9.80 Å². The van der Waals surface area contributed by atoms with Crippen LogP contribution in [0, 0.1) is 22.9 Å². The molecule has 2 N–H and O–H groups in total. The molecule has 0 radical (unpaired) electrons. The first kappa shape index (κ1) is 42.4. The lowest BCUT2D eigenvalue weighted by Gasteiger charge is -2.54. The second kappa shape index (κ2) is 16.0. The van der Waals surface area contributed by atoms with E-state index in [2.05, 4.69) is 29.9 Å². The van der Waals surface area contributed by atoms with E-state index in [1.54, 1.807) is 29.3 Å². The Morgan fingerprint density at radius 1 is 0.937 bits per heavy atom. The van der Waals surface area contributed by atoms with Gasteiger partial charge in [-0.15, -0.1) is 0 Å². The highest BCUT2D eigenvalue weighted by Gasteiger charge is 2.48. The van der Waals surface area contributed by atoms with Gasteiger partial charge in [0.05, 0.1) is 39.7 Å². The number of hydrogen-bond acceptors (Lipinski definition) is 10. The van der Waals surface area contributed by atoms with Gasteiger partial charge in [0.1, 0.15) is 11.6 Å². The van der Waals surface area contributed by atoms with Crippen LogP contribution in [-0.2, 0) is 22.1 Å². The molecule has 0 atom stereocenters. The van der Waals surface area contributed by atoms with E-state index < -0.39 is 50.7 Å². The van der Waals surface area contributed by atoms with Crippen LogP contribution in [0.5, 0.6) is 0 Å². The molecule has 1 saturated carbocycles. The third-order valence-corrected chi connectivity index (χ3v) is 15.1. The van der Waals surface area contributed by atoms with Gasteiger partial charge in [-0.2, -0.15) is 17.8 Å². The normalized spacial score (nSPS) is 19.0. The molecule has 20 heteroatoms. The smallest absolute Gasteiger partial charge is 0.329 e. The van der Waals surface area contributed by atoms with Crippen molar-refractivity contribution in [2.24, 2.45) is 12.5 Å². The Morgan fingerprint density at radius 3 is 2.37 bits per heavy atom. The molecule has 3 aromatic carbocycles. The van der Waals surface area contributed by atoms with E-state index in [4.69, 9.17) is 0 Å². The van der Waals surface area contributed by atoms with E-state index in [-0.39, 0.29) is 53.4 Å². The number of anilines is 3. The van der Waals surface area contributed by atoms with E-state index >= 15 is 8.78 Å². The van der Waals surface area contributed by atoms with Gasteiger partial charge in [-0.25, -0.2) is 22.9 Å². The average Bonchev–Trinajstić information content (AvgIpc) is 3.57. The van der Waals surface area contributed by atoms with Gasteiger partial charge in [0.2, 0.25) is 5.91 Å². The maximum atomic E-state index is 15.7. The molecule has 332 valence electrons. The van der Waals surface area contributed by atoms with Crippen LogP contribution >= 0.6 is 0 Å². The van der Waals surface area contributed by atoms with E-state index in [1.807, 2.05) is 0 Å². The molecular weight excluding hydrogens is 842 g/mol. The van der Waals surface area contributed by atoms with Crippen LogP contribution in [0.1, 0.15) is 73.8 Å². The number of hydrogen-bond donors (Lipinski definition) is 2. The number of rotatable bonds is 10. The summed E-state index contributed by atoms with van der Waals surface area (Å²) in [5, 5.41) is 7.43. The molecule has 3 amide bonds. The van der Waals surface area contributed by atoms with E-state index in [9.17, 15) is 32.0 Å². The monoisotopic (exact) mass is 888 g/mol. The van der Waals surface area contributed by atoms with Crippen molar-refractivity contribution in [3.63, 3.8) is 0 Å². The first-order chi connectivity index (χ1) is 30.1. The van der Waals surface area contributed by atoms with Gasteiger partial charge >= 0.3 is 16.2 Å². The van der Waals surface area contributed by atoms with Crippen molar-refractivity contribution in [2.45, 2.75) is 64.0 Å². The first-order valence-electron chi connectivity index (χ1n) is 21.1. The summed E-state index contributed by atoms with van der Waals surface area (Å²) in [4.78, 5) is 62.0. The molecule has 4 fully saturated rings. The number of carbonyl (C=O) groups excluding carboxylic acids is 3. The third kappa shape index (κ3) is 7.60. The SMILES string of the molecule is CCN(C)S(=O)(=O)Nc1ccc(F)c(C(=O)c2ccc3ncn(C4CC5(CCN(C6CCN(c7cc8c(cc7F)c(N7CCC(=O)NC7=O)nn8C)CC6)CC5)C4)c(=O)c3c2)c1F. The lowest BCUT2D eigenvalue weighted by atomic mass is 9.60. The Bertz CT molecular complexity index is 2860. The Morgan fingerprint density at radius 2 is 1.67 bits per heavy atom. The van der Waals surface area contributed by atoms with Crippen molar-refractivity contribution in [1.29, 1.82) is 0 Å². The van der Waals surface area contributed by atoms with Crippen LogP contribution in [0.3, 0.4) is 0 Å². The highest BCUT2D eigenvalue weighted by molar-refractivity contribution is 7.90. The van der Waals surface area contributed by atoms with E-state index in [0.29, 0.717) is 47.1 Å². The molecule has 3 saturated heterocycles. The molecule has 0 unspecified atom stereocenters. The number of aromatic nitrogens is 4. The average molecular weight is 889 g/mol. The predicted molar refractivity (Wildman–Crippen MR) is 230 cm³/mol. The summed E-state index contributed by atoms with van der Waals surface area (Å²) in [6.07, 6.45) is 6.90. The van der Waals surface area contributed by atoms with Crippen molar-refractivity contribution in [2.75, 3.05) is 60.8 Å². The second-order valence-electron chi connectivity index (χ2n) is 17.2. The number of halogens is 3. The largest absolute Gasteiger partial charge is 0.369 e. The minimum Gasteiger partial charge on any atom is -0.369 e. The van der Waals surface area contributed by atoms with Crippen LogP contribution in [0.15, 0.2) is 53.6 Å². The Hall–Kier alpha value is -5.86. The fourth-order valence-electron chi connectivity index (χ4n) is 9.74. The predicted octanol–water partition coefficient (Wildman–Crippen LogP) is 5.07. The van der Waals surface area contributed by atoms with Crippen molar-refractivity contribution in [1.82, 2.24) is 33.9 Å². The van der Waals surface area contributed by atoms with E-state index in [1.165, 1.54) is 42.5 Å². The van der Waals surface area contributed by atoms with Crippen LogP contribution in [0.2, 0.25) is 0 Å². The Labute approximate surface area is 360 Å². The zero-order chi connectivity index (χ0) is 44.5. The molecule has 1 aliphatic carbocycles. The van der Waals surface area contributed by atoms with Crippen molar-refractivity contribution >= 4 is 66.9 Å². The number of piperidine rings is 2. The number of benzene rings is 3. The molecule has 9 rings (SSSR count). The molecule has 5 aromatic rings. The number of nitrogens with one attached hydrogen (secondary N) is 2. The van der Waals surface area contributed by atoms with Gasteiger partial charge in [0, 0.05) is 69.7 Å². The van der Waals surface area contributed by atoms with Crippen LogP contribution in [0.4, 0.5) is 35.2 Å². The molecule has 63 heavy (non-hydrogen) atoms. The van der Waals surface area contributed by atoms with E-state index in [0.717, 1.165) is 68.1 Å². The quantitative estimate of drug-likeness (QED) is 0.180. The fraction of sp³-hybridized carbons (Fsp3) is 0.442. The zero-order valence-electron chi connectivity index (χ0n) is 35.0. The Kier molecular flexibility index (Phi) is 10.8. The highest BCUT2D eigenvalue weighted by atomic mass is 32.2. The highest BCUT2D eigenvalue weighted by Crippen LogP contribution is 2.54. The molecule has 2 aromatic heterocycles. The first-order valence-corrected chi connectivity index (χ1v) is 22.5. The summed E-state index contributed by atoms with van der Waals surface area (Å²) >= 11 is 0. The lowest BCUT2D eigenvalue weighted by molar-refractivity contribution is -0.120. The second-order valence-corrected chi connectivity index (χ2v) is 18.9. The number of aryl methyl sites for hydroxylation is 1. The van der Waals surface area contributed by atoms with Gasteiger partial charge in [-0.3, -0.25) is 38.6 Å². The van der Waals surface area contributed by atoms with Crippen molar-refractivity contribution in [3.8, 4) is 0 Å². The number of imide groups is 1. The Balaban J connectivity index is 0.824.